The molecule has 0 saturated carbocycles. The van der Waals surface area contributed by atoms with Crippen LogP contribution in [0.2, 0.25) is 0 Å². The Morgan fingerprint density at radius 1 is 1.47 bits per heavy atom. The number of hydrogen-bond acceptors (Lipinski definition) is 4. The summed E-state index contributed by atoms with van der Waals surface area (Å²) in [5.41, 5.74) is 0.0388. The van der Waals surface area contributed by atoms with E-state index in [4.69, 9.17) is 9.47 Å². The quantitative estimate of drug-likeness (QED) is 0.537. The Morgan fingerprint density at radius 3 is 2.68 bits per heavy atom. The van der Waals surface area contributed by atoms with E-state index in [1.807, 2.05) is 32.9 Å². The highest BCUT2D eigenvalue weighted by Gasteiger charge is 2.37. The van der Waals surface area contributed by atoms with E-state index in [0.717, 1.165) is 0 Å². The first-order valence-corrected chi connectivity index (χ1v) is 6.33. The van der Waals surface area contributed by atoms with Gasteiger partial charge in [-0.15, -0.1) is 0 Å². The molecular formula is C14H19NO4. The summed E-state index contributed by atoms with van der Waals surface area (Å²) in [7, 11) is 0. The summed E-state index contributed by atoms with van der Waals surface area (Å²) in [6, 6.07) is -0.281. The molecule has 2 atom stereocenters. The van der Waals surface area contributed by atoms with Crippen molar-refractivity contribution in [2.24, 2.45) is 0 Å². The van der Waals surface area contributed by atoms with Crippen LogP contribution in [-0.2, 0) is 14.3 Å². The van der Waals surface area contributed by atoms with Gasteiger partial charge in [0.2, 0.25) is 0 Å². The summed E-state index contributed by atoms with van der Waals surface area (Å²) >= 11 is 0. The molecule has 0 unspecified atom stereocenters. The molecule has 0 aromatic heterocycles. The molecule has 2 aliphatic heterocycles. The van der Waals surface area contributed by atoms with Gasteiger partial charge >= 0.3 is 12.1 Å². The highest BCUT2D eigenvalue weighted by molar-refractivity contribution is 5.90. The van der Waals surface area contributed by atoms with Gasteiger partial charge in [-0.25, -0.2) is 9.59 Å². The Hall–Kier alpha value is -1.78. The van der Waals surface area contributed by atoms with Gasteiger partial charge in [0, 0.05) is 12.1 Å². The maximum Gasteiger partial charge on any atom is 0.411 e. The first kappa shape index (κ1) is 13.6. The van der Waals surface area contributed by atoms with Crippen molar-refractivity contribution in [1.29, 1.82) is 0 Å². The van der Waals surface area contributed by atoms with Gasteiger partial charge < -0.3 is 9.47 Å². The van der Waals surface area contributed by atoms with Gasteiger partial charge in [0.25, 0.3) is 0 Å². The molecule has 0 bridgehead atoms. The fourth-order valence-corrected chi connectivity index (χ4v) is 2.08. The number of esters is 1. The maximum absolute atomic E-state index is 12.1. The van der Waals surface area contributed by atoms with Crippen LogP contribution in [0, 0.1) is 0 Å². The molecule has 2 heterocycles. The van der Waals surface area contributed by atoms with E-state index < -0.39 is 17.8 Å². The van der Waals surface area contributed by atoms with E-state index in [1.165, 1.54) is 0 Å². The Kier molecular flexibility index (Phi) is 3.39. The smallest absolute Gasteiger partial charge is 0.411 e. The minimum absolute atomic E-state index is 0.281. The Labute approximate surface area is 112 Å². The van der Waals surface area contributed by atoms with Crippen molar-refractivity contribution in [2.75, 3.05) is 6.54 Å². The van der Waals surface area contributed by atoms with Gasteiger partial charge in [0.15, 0.2) is 0 Å². The van der Waals surface area contributed by atoms with Crippen LogP contribution < -0.4 is 0 Å². The van der Waals surface area contributed by atoms with Crippen molar-refractivity contribution >= 4 is 12.1 Å². The van der Waals surface area contributed by atoms with E-state index in [-0.39, 0.29) is 12.0 Å². The van der Waals surface area contributed by atoms with Crippen molar-refractivity contribution in [3.8, 4) is 0 Å². The molecule has 2 rings (SSSR count). The number of nitrogens with zero attached hydrogens (tertiary/aromatic N) is 1. The highest BCUT2D eigenvalue weighted by Crippen LogP contribution is 2.25. The third-order valence-corrected chi connectivity index (χ3v) is 2.94. The predicted octanol–water partition coefficient (Wildman–Crippen LogP) is 2.03. The summed E-state index contributed by atoms with van der Waals surface area (Å²) < 4.78 is 10.6. The van der Waals surface area contributed by atoms with Crippen molar-refractivity contribution < 1.29 is 19.1 Å². The van der Waals surface area contributed by atoms with Crippen LogP contribution in [0.4, 0.5) is 4.79 Å². The number of rotatable bonds is 1. The summed E-state index contributed by atoms with van der Waals surface area (Å²) in [6.07, 6.45) is 4.69. The fraction of sp³-hybridized carbons (Fsp3) is 0.571. The van der Waals surface area contributed by atoms with Gasteiger partial charge in [0.05, 0.1) is 6.04 Å². The summed E-state index contributed by atoms with van der Waals surface area (Å²) in [5.74, 6) is -0.325. The van der Waals surface area contributed by atoms with Crippen LogP contribution >= 0.6 is 0 Å². The molecule has 5 heteroatoms. The Bertz CT molecular complexity index is 459. The van der Waals surface area contributed by atoms with Crippen molar-refractivity contribution in [3.63, 3.8) is 0 Å². The Balaban J connectivity index is 2.07. The molecule has 5 nitrogen and oxygen atoms in total. The van der Waals surface area contributed by atoms with Crippen molar-refractivity contribution in [3.05, 3.63) is 23.8 Å². The Morgan fingerprint density at radius 2 is 2.16 bits per heavy atom. The number of carbonyl (C=O) groups excluding carboxylic acids is 2. The molecular weight excluding hydrogens is 246 g/mol. The first-order valence-electron chi connectivity index (χ1n) is 6.33. The second-order valence-corrected chi connectivity index (χ2v) is 5.77. The molecule has 0 radical (unpaired) electrons. The van der Waals surface area contributed by atoms with Crippen LogP contribution in [0.25, 0.3) is 0 Å². The lowest BCUT2D eigenvalue weighted by molar-refractivity contribution is -0.141. The van der Waals surface area contributed by atoms with Crippen LogP contribution in [0.1, 0.15) is 27.7 Å². The normalized spacial score (nSPS) is 26.4. The standard InChI is InChI=1S/C14H19NO4/c1-9-8-11(18-12(9)16)10-6-5-7-15(10)13(17)19-14(2,3)4/h5-6,8,10-11H,7H2,1-4H3/t10-,11-/m0/s1. The van der Waals surface area contributed by atoms with Crippen molar-refractivity contribution in [1.82, 2.24) is 4.90 Å². The predicted molar refractivity (Wildman–Crippen MR) is 69.5 cm³/mol. The molecule has 0 fully saturated rings. The van der Waals surface area contributed by atoms with Crippen LogP contribution in [0.5, 0.6) is 0 Å². The van der Waals surface area contributed by atoms with Crippen molar-refractivity contribution in [2.45, 2.75) is 45.4 Å². The summed E-state index contributed by atoms with van der Waals surface area (Å²) in [4.78, 5) is 25.1. The van der Waals surface area contributed by atoms with Crippen LogP contribution in [0.15, 0.2) is 23.8 Å². The zero-order valence-corrected chi connectivity index (χ0v) is 11.7. The summed E-state index contributed by atoms with van der Waals surface area (Å²) in [5, 5.41) is 0. The zero-order chi connectivity index (χ0) is 14.2. The largest absolute Gasteiger partial charge is 0.452 e. The molecule has 0 saturated heterocycles. The number of ether oxygens (including phenoxy) is 2. The van der Waals surface area contributed by atoms with E-state index in [9.17, 15) is 9.59 Å². The van der Waals surface area contributed by atoms with Gasteiger partial charge in [-0.3, -0.25) is 4.90 Å². The van der Waals surface area contributed by atoms with E-state index in [0.29, 0.717) is 12.1 Å². The number of carbonyl (C=O) groups is 2. The second-order valence-electron chi connectivity index (χ2n) is 5.77. The fourth-order valence-electron chi connectivity index (χ4n) is 2.08. The van der Waals surface area contributed by atoms with Gasteiger partial charge in [0.1, 0.15) is 11.7 Å². The number of hydrogen-bond donors (Lipinski definition) is 0. The lowest BCUT2D eigenvalue weighted by atomic mass is 10.1. The highest BCUT2D eigenvalue weighted by atomic mass is 16.6. The minimum atomic E-state index is -0.539. The van der Waals surface area contributed by atoms with E-state index in [2.05, 4.69) is 0 Å². The number of amides is 1. The average Bonchev–Trinajstić information content (AvgIpc) is 2.83. The SMILES string of the molecule is CC1=C[C@@H]([C@@H]2C=CCN2C(=O)OC(C)(C)C)OC1=O. The maximum atomic E-state index is 12.1. The average molecular weight is 265 g/mol. The minimum Gasteiger partial charge on any atom is -0.452 e. The molecule has 0 N–H and O–H groups in total. The molecule has 104 valence electrons. The second kappa shape index (κ2) is 4.72. The van der Waals surface area contributed by atoms with E-state index in [1.54, 1.807) is 17.9 Å². The number of cyclic esters (lactones) is 1. The van der Waals surface area contributed by atoms with Gasteiger partial charge in [-0.1, -0.05) is 12.2 Å². The van der Waals surface area contributed by atoms with Gasteiger partial charge in [-0.05, 0) is 33.8 Å². The van der Waals surface area contributed by atoms with Crippen LogP contribution in [-0.4, -0.2) is 41.3 Å². The molecule has 0 aromatic rings. The first-order chi connectivity index (χ1) is 8.78. The monoisotopic (exact) mass is 265 g/mol. The topological polar surface area (TPSA) is 55.8 Å². The lowest BCUT2D eigenvalue weighted by Gasteiger charge is -2.30. The zero-order valence-electron chi connectivity index (χ0n) is 11.7. The van der Waals surface area contributed by atoms with E-state index >= 15 is 0 Å². The molecule has 0 aromatic carbocycles. The van der Waals surface area contributed by atoms with Gasteiger partial charge in [-0.2, -0.15) is 0 Å². The van der Waals surface area contributed by atoms with Crippen LogP contribution in [0.3, 0.4) is 0 Å². The third-order valence-electron chi connectivity index (χ3n) is 2.94. The molecule has 0 spiro atoms. The lowest BCUT2D eigenvalue weighted by Crippen LogP contribution is -2.45. The summed E-state index contributed by atoms with van der Waals surface area (Å²) in [6.45, 7) is 7.65. The molecule has 0 aliphatic carbocycles. The molecule has 1 amide bonds. The molecule has 19 heavy (non-hydrogen) atoms. The molecule has 2 aliphatic rings. The third kappa shape index (κ3) is 2.97.